The lowest BCUT2D eigenvalue weighted by atomic mass is 10.1. The topological polar surface area (TPSA) is 30.5 Å². The van der Waals surface area contributed by atoms with Crippen molar-refractivity contribution in [3.63, 3.8) is 0 Å². The first-order valence-electron chi connectivity index (χ1n) is 6.42. The average molecular weight is 308 g/mol. The Morgan fingerprint density at radius 1 is 1.30 bits per heavy atom. The SMILES string of the molecule is COc1cc(Cl)cc(CNCC(C)C)c1OCC(F)F. The van der Waals surface area contributed by atoms with Gasteiger partial charge in [-0.25, -0.2) is 8.78 Å². The van der Waals surface area contributed by atoms with E-state index in [1.807, 2.05) is 0 Å². The Balaban J connectivity index is 2.90. The van der Waals surface area contributed by atoms with E-state index in [2.05, 4.69) is 19.2 Å². The summed E-state index contributed by atoms with van der Waals surface area (Å²) < 4.78 is 34.9. The van der Waals surface area contributed by atoms with Crippen molar-refractivity contribution in [2.45, 2.75) is 26.8 Å². The number of benzene rings is 1. The van der Waals surface area contributed by atoms with E-state index in [0.29, 0.717) is 34.5 Å². The molecule has 0 spiro atoms. The molecule has 0 heterocycles. The van der Waals surface area contributed by atoms with Crippen LogP contribution in [0, 0.1) is 5.92 Å². The van der Waals surface area contributed by atoms with Gasteiger partial charge in [-0.05, 0) is 18.5 Å². The molecule has 0 amide bonds. The molecule has 0 aliphatic carbocycles. The van der Waals surface area contributed by atoms with Crippen LogP contribution in [0.2, 0.25) is 5.02 Å². The molecule has 20 heavy (non-hydrogen) atoms. The monoisotopic (exact) mass is 307 g/mol. The molecule has 6 heteroatoms. The molecule has 0 saturated carbocycles. The fourth-order valence-electron chi connectivity index (χ4n) is 1.71. The molecule has 0 radical (unpaired) electrons. The van der Waals surface area contributed by atoms with Crippen molar-refractivity contribution < 1.29 is 18.3 Å². The third-order valence-electron chi connectivity index (χ3n) is 2.54. The van der Waals surface area contributed by atoms with Crippen LogP contribution in [0.25, 0.3) is 0 Å². The maximum absolute atomic E-state index is 12.3. The van der Waals surface area contributed by atoms with Gasteiger partial charge in [0.25, 0.3) is 6.43 Å². The lowest BCUT2D eigenvalue weighted by molar-refractivity contribution is 0.0799. The molecule has 0 saturated heterocycles. The minimum absolute atomic E-state index is 0.313. The van der Waals surface area contributed by atoms with Gasteiger partial charge in [-0.1, -0.05) is 25.4 Å². The van der Waals surface area contributed by atoms with E-state index in [9.17, 15) is 8.78 Å². The molecule has 0 bridgehead atoms. The lowest BCUT2D eigenvalue weighted by Gasteiger charge is -2.16. The van der Waals surface area contributed by atoms with Crippen molar-refractivity contribution in [3.8, 4) is 11.5 Å². The van der Waals surface area contributed by atoms with Crippen LogP contribution in [0.1, 0.15) is 19.4 Å². The van der Waals surface area contributed by atoms with Gasteiger partial charge in [0.2, 0.25) is 0 Å². The zero-order chi connectivity index (χ0) is 15.1. The van der Waals surface area contributed by atoms with E-state index in [0.717, 1.165) is 6.54 Å². The largest absolute Gasteiger partial charge is 0.493 e. The molecule has 0 atom stereocenters. The summed E-state index contributed by atoms with van der Waals surface area (Å²) in [4.78, 5) is 0. The van der Waals surface area contributed by atoms with Crippen molar-refractivity contribution in [2.75, 3.05) is 20.3 Å². The smallest absolute Gasteiger partial charge is 0.272 e. The molecule has 0 fully saturated rings. The fraction of sp³-hybridized carbons (Fsp3) is 0.571. The predicted octanol–water partition coefficient (Wildman–Crippen LogP) is 3.74. The van der Waals surface area contributed by atoms with Crippen molar-refractivity contribution in [2.24, 2.45) is 5.92 Å². The molecule has 1 N–H and O–H groups in total. The first-order valence-corrected chi connectivity index (χ1v) is 6.80. The molecule has 0 unspecified atom stereocenters. The number of hydrogen-bond donors (Lipinski definition) is 1. The van der Waals surface area contributed by atoms with Gasteiger partial charge in [-0.3, -0.25) is 0 Å². The quantitative estimate of drug-likeness (QED) is 0.793. The number of hydrogen-bond acceptors (Lipinski definition) is 3. The van der Waals surface area contributed by atoms with Crippen LogP contribution < -0.4 is 14.8 Å². The second kappa shape index (κ2) is 8.27. The number of nitrogens with one attached hydrogen (secondary N) is 1. The van der Waals surface area contributed by atoms with E-state index in [1.54, 1.807) is 12.1 Å². The van der Waals surface area contributed by atoms with E-state index in [1.165, 1.54) is 7.11 Å². The third-order valence-corrected chi connectivity index (χ3v) is 2.76. The summed E-state index contributed by atoms with van der Waals surface area (Å²) in [5.74, 6) is 1.16. The van der Waals surface area contributed by atoms with Gasteiger partial charge in [-0.2, -0.15) is 0 Å². The summed E-state index contributed by atoms with van der Waals surface area (Å²) in [7, 11) is 1.45. The van der Waals surface area contributed by atoms with Gasteiger partial charge in [0.15, 0.2) is 11.5 Å². The summed E-state index contributed by atoms with van der Waals surface area (Å²) >= 11 is 5.99. The molecular weight excluding hydrogens is 288 g/mol. The van der Waals surface area contributed by atoms with Gasteiger partial charge in [0, 0.05) is 23.2 Å². The Bertz CT molecular complexity index is 428. The maximum Gasteiger partial charge on any atom is 0.272 e. The van der Waals surface area contributed by atoms with E-state index < -0.39 is 13.0 Å². The van der Waals surface area contributed by atoms with Crippen LogP contribution in [-0.4, -0.2) is 26.7 Å². The predicted molar refractivity (Wildman–Crippen MR) is 76.0 cm³/mol. The molecule has 0 aromatic heterocycles. The van der Waals surface area contributed by atoms with Gasteiger partial charge < -0.3 is 14.8 Å². The number of alkyl halides is 2. The zero-order valence-corrected chi connectivity index (χ0v) is 12.6. The fourth-order valence-corrected chi connectivity index (χ4v) is 1.94. The van der Waals surface area contributed by atoms with Crippen molar-refractivity contribution >= 4 is 11.6 Å². The molecule has 0 aliphatic heterocycles. The molecule has 1 aromatic carbocycles. The highest BCUT2D eigenvalue weighted by atomic mass is 35.5. The van der Waals surface area contributed by atoms with Crippen molar-refractivity contribution in [3.05, 3.63) is 22.7 Å². The summed E-state index contributed by atoms with van der Waals surface area (Å²) in [5.41, 5.74) is 0.704. The Kier molecular flexibility index (Phi) is 7.02. The van der Waals surface area contributed by atoms with Gasteiger partial charge in [0.1, 0.15) is 6.61 Å². The standard InChI is InChI=1S/C14H20ClF2NO2/c1-9(2)6-18-7-10-4-11(15)5-12(19-3)14(10)20-8-13(16)17/h4-5,9,13,18H,6-8H2,1-3H3. The molecule has 0 aliphatic rings. The summed E-state index contributed by atoms with van der Waals surface area (Å²) in [5, 5.41) is 3.71. The first kappa shape index (κ1) is 17.0. The first-order chi connectivity index (χ1) is 9.43. The van der Waals surface area contributed by atoms with Gasteiger partial charge in [0.05, 0.1) is 7.11 Å². The Morgan fingerprint density at radius 2 is 2.00 bits per heavy atom. The van der Waals surface area contributed by atoms with Crippen molar-refractivity contribution in [1.29, 1.82) is 0 Å². The van der Waals surface area contributed by atoms with Crippen LogP contribution in [0.4, 0.5) is 8.78 Å². The maximum atomic E-state index is 12.3. The molecule has 3 nitrogen and oxygen atoms in total. The molecule has 1 aromatic rings. The molecular formula is C14H20ClF2NO2. The van der Waals surface area contributed by atoms with E-state index in [-0.39, 0.29) is 0 Å². The van der Waals surface area contributed by atoms with Crippen LogP contribution >= 0.6 is 11.6 Å². The highest BCUT2D eigenvalue weighted by Crippen LogP contribution is 2.35. The Labute approximate surface area is 123 Å². The van der Waals surface area contributed by atoms with E-state index in [4.69, 9.17) is 21.1 Å². The molecule has 1 rings (SSSR count). The van der Waals surface area contributed by atoms with Crippen molar-refractivity contribution in [1.82, 2.24) is 5.32 Å². The minimum atomic E-state index is -2.54. The van der Waals surface area contributed by atoms with Gasteiger partial charge in [-0.15, -0.1) is 0 Å². The second-order valence-electron chi connectivity index (χ2n) is 4.82. The number of ether oxygens (including phenoxy) is 2. The summed E-state index contributed by atoms with van der Waals surface area (Å²) in [6.07, 6.45) is -2.54. The highest BCUT2D eigenvalue weighted by Gasteiger charge is 2.15. The minimum Gasteiger partial charge on any atom is -0.493 e. The lowest BCUT2D eigenvalue weighted by Crippen LogP contribution is -2.20. The Morgan fingerprint density at radius 3 is 2.55 bits per heavy atom. The number of rotatable bonds is 8. The number of halogens is 3. The van der Waals surface area contributed by atoms with Crippen LogP contribution in [0.5, 0.6) is 11.5 Å². The summed E-state index contributed by atoms with van der Waals surface area (Å²) in [6.45, 7) is 4.78. The highest BCUT2D eigenvalue weighted by molar-refractivity contribution is 6.30. The number of methoxy groups -OCH3 is 1. The second-order valence-corrected chi connectivity index (χ2v) is 5.26. The van der Waals surface area contributed by atoms with E-state index >= 15 is 0 Å². The van der Waals surface area contributed by atoms with Crippen LogP contribution in [-0.2, 0) is 6.54 Å². The van der Waals surface area contributed by atoms with Crippen LogP contribution in [0.15, 0.2) is 12.1 Å². The zero-order valence-electron chi connectivity index (χ0n) is 11.9. The van der Waals surface area contributed by atoms with Crippen LogP contribution in [0.3, 0.4) is 0 Å². The normalized spacial score (nSPS) is 11.2. The molecule has 114 valence electrons. The third kappa shape index (κ3) is 5.51. The Hall–Kier alpha value is -1.07. The van der Waals surface area contributed by atoms with Gasteiger partial charge >= 0.3 is 0 Å². The summed E-state index contributed by atoms with van der Waals surface area (Å²) in [6, 6.07) is 3.24. The average Bonchev–Trinajstić information content (AvgIpc) is 2.36.